The number of nitrogens with one attached hydrogen (secondary N) is 3. The minimum absolute atomic E-state index is 0.371. The molecule has 0 amide bonds. The van der Waals surface area contributed by atoms with Gasteiger partial charge in [0.1, 0.15) is 11.7 Å². The topological polar surface area (TPSA) is 60.9 Å². The number of amidine groups is 1. The van der Waals surface area contributed by atoms with Crippen molar-refractivity contribution in [2.45, 2.75) is 19.9 Å². The summed E-state index contributed by atoms with van der Waals surface area (Å²) in [5.74, 6) is 1.75. The molecule has 0 aromatic rings. The smallest absolute Gasteiger partial charge is 0.141 e. The molecule has 1 rings (SSSR count). The fraction of sp³-hybridized carbons (Fsp3) is 0.700. The van der Waals surface area contributed by atoms with Gasteiger partial charge in [-0.25, -0.2) is 0 Å². The van der Waals surface area contributed by atoms with Crippen molar-refractivity contribution in [3.63, 3.8) is 0 Å². The Hall–Kier alpha value is -0.920. The van der Waals surface area contributed by atoms with Crippen LogP contribution in [0.5, 0.6) is 0 Å². The molecule has 1 aliphatic rings. The summed E-state index contributed by atoms with van der Waals surface area (Å²) >= 11 is 1.54. The molecule has 0 aromatic heterocycles. The summed E-state index contributed by atoms with van der Waals surface area (Å²) in [5.41, 5.74) is 6.31. The maximum atomic E-state index is 4.97. The van der Waals surface area contributed by atoms with Crippen LogP contribution in [0.2, 0.25) is 0 Å². The Morgan fingerprint density at radius 2 is 2.29 bits per heavy atom. The summed E-state index contributed by atoms with van der Waals surface area (Å²) in [6.07, 6.45) is 3.92. The van der Waals surface area contributed by atoms with Gasteiger partial charge >= 0.3 is 0 Å². The van der Waals surface area contributed by atoms with Crippen molar-refractivity contribution in [3.05, 3.63) is 11.9 Å². The van der Waals surface area contributed by atoms with Gasteiger partial charge < -0.3 is 10.1 Å². The summed E-state index contributed by atoms with van der Waals surface area (Å²) in [4.78, 5) is 4.40. The molecule has 0 spiro atoms. The van der Waals surface area contributed by atoms with E-state index in [2.05, 4.69) is 35.0 Å². The minimum atomic E-state index is 0.371. The third kappa shape index (κ3) is 5.29. The molecular formula is C10H21N5OS. The zero-order valence-corrected chi connectivity index (χ0v) is 11.6. The Labute approximate surface area is 107 Å². The van der Waals surface area contributed by atoms with E-state index < -0.39 is 0 Å². The van der Waals surface area contributed by atoms with Crippen LogP contribution in [0.15, 0.2) is 16.9 Å². The average molecular weight is 259 g/mol. The molecule has 1 heterocycles. The maximum Gasteiger partial charge on any atom is 0.141 e. The Morgan fingerprint density at radius 3 is 2.88 bits per heavy atom. The van der Waals surface area contributed by atoms with Crippen LogP contribution in [0.1, 0.15) is 13.8 Å². The number of nitrogens with zero attached hydrogens (tertiary/aromatic N) is 2. The molecule has 0 fully saturated rings. The highest BCUT2D eigenvalue weighted by Gasteiger charge is 2.14. The number of rotatable bonds is 6. The van der Waals surface area contributed by atoms with Crippen LogP contribution < -0.4 is 16.2 Å². The van der Waals surface area contributed by atoms with Crippen molar-refractivity contribution in [3.8, 4) is 0 Å². The van der Waals surface area contributed by atoms with Crippen LogP contribution in [0.3, 0.4) is 0 Å². The van der Waals surface area contributed by atoms with Crippen molar-refractivity contribution >= 4 is 17.8 Å². The largest absolute Gasteiger partial charge is 0.383 e. The number of aliphatic imine (C=N–C) groups is 1. The van der Waals surface area contributed by atoms with E-state index in [1.165, 1.54) is 11.9 Å². The first kappa shape index (κ1) is 14.1. The lowest BCUT2D eigenvalue weighted by Gasteiger charge is -2.30. The third-order valence-corrected chi connectivity index (χ3v) is 2.47. The second kappa shape index (κ2) is 7.41. The van der Waals surface area contributed by atoms with Gasteiger partial charge in [0.15, 0.2) is 0 Å². The molecule has 0 radical (unpaired) electrons. The normalized spacial score (nSPS) is 18.9. The zero-order chi connectivity index (χ0) is 12.7. The van der Waals surface area contributed by atoms with Crippen LogP contribution in [-0.2, 0) is 4.74 Å². The molecule has 0 atom stereocenters. The van der Waals surface area contributed by atoms with Gasteiger partial charge in [0, 0.05) is 25.5 Å². The van der Waals surface area contributed by atoms with Crippen molar-refractivity contribution in [1.29, 1.82) is 0 Å². The lowest BCUT2D eigenvalue weighted by atomic mass is 10.4. The molecule has 0 bridgehead atoms. The Bertz CT molecular complexity index is 292. The van der Waals surface area contributed by atoms with E-state index >= 15 is 0 Å². The van der Waals surface area contributed by atoms with Crippen LogP contribution in [0, 0.1) is 0 Å². The Morgan fingerprint density at radius 1 is 1.53 bits per heavy atom. The quantitative estimate of drug-likeness (QED) is 0.476. The SMILES string of the molecule is COCCN=C1C=C(NC(C)C)NN(SC)N1. The molecule has 98 valence electrons. The molecule has 6 nitrogen and oxygen atoms in total. The van der Waals surface area contributed by atoms with Gasteiger partial charge in [-0.2, -0.15) is 0 Å². The summed E-state index contributed by atoms with van der Waals surface area (Å²) in [7, 11) is 1.67. The highest BCUT2D eigenvalue weighted by atomic mass is 32.2. The molecule has 1 aliphatic heterocycles. The number of ether oxygens (including phenoxy) is 1. The summed E-state index contributed by atoms with van der Waals surface area (Å²) in [6, 6.07) is 0.371. The van der Waals surface area contributed by atoms with Gasteiger partial charge in [-0.3, -0.25) is 15.8 Å². The van der Waals surface area contributed by atoms with Crippen molar-refractivity contribution < 1.29 is 4.74 Å². The van der Waals surface area contributed by atoms with Crippen LogP contribution in [0.4, 0.5) is 0 Å². The van der Waals surface area contributed by atoms with Crippen molar-refractivity contribution in [1.82, 2.24) is 20.7 Å². The summed E-state index contributed by atoms with van der Waals surface area (Å²) in [6.45, 7) is 5.45. The van der Waals surface area contributed by atoms with Crippen molar-refractivity contribution in [2.75, 3.05) is 26.5 Å². The molecule has 7 heteroatoms. The van der Waals surface area contributed by atoms with Gasteiger partial charge in [0.2, 0.25) is 0 Å². The van der Waals surface area contributed by atoms with E-state index in [0.29, 0.717) is 19.2 Å². The lowest BCUT2D eigenvalue weighted by Crippen LogP contribution is -2.52. The molecule has 17 heavy (non-hydrogen) atoms. The van der Waals surface area contributed by atoms with Crippen molar-refractivity contribution in [2.24, 2.45) is 4.99 Å². The van der Waals surface area contributed by atoms with Gasteiger partial charge in [0.25, 0.3) is 0 Å². The average Bonchev–Trinajstić information content (AvgIpc) is 2.28. The molecule has 0 aliphatic carbocycles. The van der Waals surface area contributed by atoms with Gasteiger partial charge in [-0.05, 0) is 25.8 Å². The second-order valence-electron chi connectivity index (χ2n) is 3.82. The lowest BCUT2D eigenvalue weighted by molar-refractivity contribution is 0.207. The highest BCUT2D eigenvalue weighted by Crippen LogP contribution is 2.04. The van der Waals surface area contributed by atoms with Gasteiger partial charge in [-0.15, -0.1) is 0 Å². The predicted molar refractivity (Wildman–Crippen MR) is 72.2 cm³/mol. The number of hydrogen-bond acceptors (Lipinski definition) is 6. The van der Waals surface area contributed by atoms with Gasteiger partial charge in [0.05, 0.1) is 13.2 Å². The third-order valence-electron chi connectivity index (χ3n) is 1.92. The predicted octanol–water partition coefficient (Wildman–Crippen LogP) is 0.474. The second-order valence-corrected chi connectivity index (χ2v) is 4.55. The van der Waals surface area contributed by atoms with E-state index in [1.807, 2.05) is 12.3 Å². The molecule has 0 saturated carbocycles. The first-order valence-electron chi connectivity index (χ1n) is 5.55. The fourth-order valence-corrected chi connectivity index (χ4v) is 1.63. The van der Waals surface area contributed by atoms with E-state index in [-0.39, 0.29) is 0 Å². The first-order valence-corrected chi connectivity index (χ1v) is 6.73. The standard InChI is InChI=1S/C10H21N5OS/c1-8(2)12-10-7-9(11-5-6-16-3)13-15(14-10)17-4/h7-8,12,14H,5-6H2,1-4H3,(H,11,13). The number of hydrazine groups is 2. The summed E-state index contributed by atoms with van der Waals surface area (Å²) < 4.78 is 6.77. The highest BCUT2D eigenvalue weighted by molar-refractivity contribution is 7.96. The molecule has 0 aromatic carbocycles. The van der Waals surface area contributed by atoms with E-state index in [0.717, 1.165) is 11.7 Å². The summed E-state index contributed by atoms with van der Waals surface area (Å²) in [5, 5.41) is 3.31. The zero-order valence-electron chi connectivity index (χ0n) is 10.8. The monoisotopic (exact) mass is 259 g/mol. The molecule has 0 unspecified atom stereocenters. The van der Waals surface area contributed by atoms with E-state index in [4.69, 9.17) is 4.74 Å². The van der Waals surface area contributed by atoms with Gasteiger partial charge in [-0.1, -0.05) is 4.52 Å². The Kier molecular flexibility index (Phi) is 6.17. The Balaban J connectivity index is 2.64. The molecular weight excluding hydrogens is 238 g/mol. The fourth-order valence-electron chi connectivity index (χ4n) is 1.26. The number of methoxy groups -OCH3 is 1. The van der Waals surface area contributed by atoms with E-state index in [9.17, 15) is 0 Å². The number of hydrogen-bond donors (Lipinski definition) is 3. The minimum Gasteiger partial charge on any atom is -0.383 e. The van der Waals surface area contributed by atoms with Crippen LogP contribution >= 0.6 is 11.9 Å². The van der Waals surface area contributed by atoms with E-state index in [1.54, 1.807) is 11.6 Å². The van der Waals surface area contributed by atoms with Crippen LogP contribution in [0.25, 0.3) is 0 Å². The molecule has 3 N–H and O–H groups in total. The van der Waals surface area contributed by atoms with Crippen LogP contribution in [-0.4, -0.2) is 42.9 Å². The first-order chi connectivity index (χ1) is 8.15. The maximum absolute atomic E-state index is 4.97. The molecule has 0 saturated heterocycles.